The predicted octanol–water partition coefficient (Wildman–Crippen LogP) is 1.66. The molecule has 1 aliphatic rings. The van der Waals surface area contributed by atoms with E-state index in [2.05, 4.69) is 15.3 Å². The fourth-order valence-corrected chi connectivity index (χ4v) is 4.13. The summed E-state index contributed by atoms with van der Waals surface area (Å²) in [6, 6.07) is 5.12. The number of urea groups is 1. The topological polar surface area (TPSA) is 137 Å². The first-order chi connectivity index (χ1) is 14.7. The van der Waals surface area contributed by atoms with Gasteiger partial charge in [-0.15, -0.1) is 0 Å². The number of nitrogens with zero attached hydrogens (tertiary/aromatic N) is 3. The van der Waals surface area contributed by atoms with E-state index in [1.54, 1.807) is 6.20 Å². The van der Waals surface area contributed by atoms with Gasteiger partial charge in [0, 0.05) is 23.7 Å². The van der Waals surface area contributed by atoms with Gasteiger partial charge >= 0.3 is 6.03 Å². The summed E-state index contributed by atoms with van der Waals surface area (Å²) in [4.78, 5) is 22.2. The molecule has 4 rings (SSSR count). The van der Waals surface area contributed by atoms with E-state index in [9.17, 15) is 17.6 Å². The van der Waals surface area contributed by atoms with Gasteiger partial charge in [0.15, 0.2) is 11.5 Å². The lowest BCUT2D eigenvalue weighted by molar-refractivity contribution is 0.244. The summed E-state index contributed by atoms with van der Waals surface area (Å²) in [5.41, 5.74) is 1.92. The van der Waals surface area contributed by atoms with Gasteiger partial charge in [-0.1, -0.05) is 6.07 Å². The van der Waals surface area contributed by atoms with E-state index in [1.165, 1.54) is 43.4 Å². The van der Waals surface area contributed by atoms with Gasteiger partial charge < -0.3 is 14.8 Å². The minimum Gasteiger partial charge on any atom is -0.495 e. The van der Waals surface area contributed by atoms with E-state index >= 15 is 0 Å². The average Bonchev–Trinajstić information content (AvgIpc) is 2.74. The van der Waals surface area contributed by atoms with Crippen molar-refractivity contribution in [3.8, 4) is 11.6 Å². The molecule has 2 amide bonds. The molecule has 2 aromatic heterocycles. The fraction of sp³-hybridized carbons (Fsp3) is 0.211. The quantitative estimate of drug-likeness (QED) is 0.607. The molecule has 162 valence electrons. The summed E-state index contributed by atoms with van der Waals surface area (Å²) < 4.78 is 47.9. The van der Waals surface area contributed by atoms with Crippen molar-refractivity contribution in [2.75, 3.05) is 19.1 Å². The maximum atomic E-state index is 14.4. The summed E-state index contributed by atoms with van der Waals surface area (Å²) in [7, 11) is -1.37. The number of benzene rings is 1. The van der Waals surface area contributed by atoms with Crippen LogP contribution in [-0.2, 0) is 23.1 Å². The molecule has 1 aliphatic heterocycles. The molecule has 3 N–H and O–H groups in total. The van der Waals surface area contributed by atoms with E-state index in [4.69, 9.17) is 14.6 Å². The highest BCUT2D eigenvalue weighted by molar-refractivity contribution is 7.89. The maximum Gasteiger partial charge on any atom is 0.322 e. The molecular formula is C19H18FN5O5S. The molecule has 0 spiro atoms. The van der Waals surface area contributed by atoms with E-state index in [0.717, 1.165) is 0 Å². The molecule has 0 atom stereocenters. The zero-order chi connectivity index (χ0) is 22.3. The second-order valence-electron chi connectivity index (χ2n) is 6.76. The molecule has 0 fully saturated rings. The second-order valence-corrected chi connectivity index (χ2v) is 8.29. The van der Waals surface area contributed by atoms with Crippen LogP contribution in [-0.4, -0.2) is 38.6 Å². The standard InChI is InChI=1S/C19H18FN5O5S/c1-29-14-5-10(3-4-15(14)31(21,27)28)9-25-16-11(8-23-19(25)26)7-22-17-12(16)6-13(20)18(24-17)30-2/h3-7H,8-9H2,1-2H3,(H,23,26)(H2,21,27,28). The first-order valence-electron chi connectivity index (χ1n) is 9.00. The Kier molecular flexibility index (Phi) is 5.11. The predicted molar refractivity (Wildman–Crippen MR) is 109 cm³/mol. The summed E-state index contributed by atoms with van der Waals surface area (Å²) >= 11 is 0. The third-order valence-corrected chi connectivity index (χ3v) is 5.79. The number of fused-ring (bicyclic) bond motifs is 3. The highest BCUT2D eigenvalue weighted by Gasteiger charge is 2.28. The molecule has 10 nitrogen and oxygen atoms in total. The van der Waals surface area contributed by atoms with Crippen LogP contribution in [0.1, 0.15) is 11.1 Å². The summed E-state index contributed by atoms with van der Waals surface area (Å²) in [6.07, 6.45) is 1.55. The normalized spacial score (nSPS) is 13.7. The van der Waals surface area contributed by atoms with Crippen LogP contribution in [0, 0.1) is 5.82 Å². The summed E-state index contributed by atoms with van der Waals surface area (Å²) in [5.74, 6) is -0.833. The zero-order valence-electron chi connectivity index (χ0n) is 16.5. The van der Waals surface area contributed by atoms with Crippen LogP contribution in [0.4, 0.5) is 14.9 Å². The number of primary sulfonamides is 1. The third-order valence-electron chi connectivity index (χ3n) is 4.84. The van der Waals surface area contributed by atoms with E-state index in [0.29, 0.717) is 22.2 Å². The van der Waals surface area contributed by atoms with Crippen molar-refractivity contribution in [1.29, 1.82) is 0 Å². The monoisotopic (exact) mass is 447 g/mol. The van der Waals surface area contributed by atoms with E-state index in [1.807, 2.05) is 0 Å². The Bertz CT molecular complexity index is 1310. The Morgan fingerprint density at radius 2 is 2.03 bits per heavy atom. The molecule has 3 heterocycles. The van der Waals surface area contributed by atoms with Gasteiger partial charge in [0.05, 0.1) is 26.5 Å². The van der Waals surface area contributed by atoms with E-state index < -0.39 is 21.9 Å². The smallest absolute Gasteiger partial charge is 0.322 e. The van der Waals surface area contributed by atoms with Crippen molar-refractivity contribution in [1.82, 2.24) is 15.3 Å². The molecule has 0 saturated heterocycles. The molecule has 3 aromatic rings. The molecule has 0 aliphatic carbocycles. The SMILES string of the molecule is COc1cc(CN2C(=O)NCc3cnc4nc(OC)c(F)cc4c32)ccc1S(N)(=O)=O. The lowest BCUT2D eigenvalue weighted by Gasteiger charge is -2.31. The Morgan fingerprint density at radius 1 is 1.26 bits per heavy atom. The average molecular weight is 447 g/mol. The Hall–Kier alpha value is -3.51. The Labute approximate surface area is 176 Å². The van der Waals surface area contributed by atoms with Crippen molar-refractivity contribution in [3.63, 3.8) is 0 Å². The van der Waals surface area contributed by atoms with Crippen molar-refractivity contribution in [3.05, 3.63) is 47.4 Å². The molecule has 12 heteroatoms. The molecule has 0 radical (unpaired) electrons. The first kappa shape index (κ1) is 20.8. The highest BCUT2D eigenvalue weighted by atomic mass is 32.2. The number of nitrogens with two attached hydrogens (primary N) is 1. The van der Waals surface area contributed by atoms with Gasteiger partial charge in [0.2, 0.25) is 10.0 Å². The number of amides is 2. The van der Waals surface area contributed by atoms with Crippen LogP contribution in [0.3, 0.4) is 0 Å². The largest absolute Gasteiger partial charge is 0.495 e. The molecule has 31 heavy (non-hydrogen) atoms. The van der Waals surface area contributed by atoms with Gasteiger partial charge in [0.1, 0.15) is 10.6 Å². The molecule has 0 bridgehead atoms. The van der Waals surface area contributed by atoms with Crippen LogP contribution in [0.15, 0.2) is 35.4 Å². The number of nitrogens with one attached hydrogen (secondary N) is 1. The number of carbonyl (C=O) groups excluding carboxylic acids is 1. The number of pyridine rings is 2. The zero-order valence-corrected chi connectivity index (χ0v) is 17.4. The van der Waals surface area contributed by atoms with Crippen LogP contribution in [0.2, 0.25) is 0 Å². The lowest BCUT2D eigenvalue weighted by atomic mass is 10.1. The van der Waals surface area contributed by atoms with Crippen LogP contribution < -0.4 is 24.8 Å². The number of hydrogen-bond donors (Lipinski definition) is 2. The molecular weight excluding hydrogens is 429 g/mol. The molecule has 1 aromatic carbocycles. The van der Waals surface area contributed by atoms with Gasteiger partial charge in [-0.05, 0) is 23.8 Å². The maximum absolute atomic E-state index is 14.4. The van der Waals surface area contributed by atoms with Crippen LogP contribution in [0.25, 0.3) is 11.0 Å². The summed E-state index contributed by atoms with van der Waals surface area (Å²) in [6.45, 7) is 0.266. The third kappa shape index (κ3) is 3.70. The van der Waals surface area contributed by atoms with E-state index in [-0.39, 0.29) is 35.3 Å². The number of halogens is 1. The Balaban J connectivity index is 1.82. The number of hydrogen-bond acceptors (Lipinski definition) is 7. The van der Waals surface area contributed by atoms with Crippen molar-refractivity contribution >= 4 is 32.8 Å². The van der Waals surface area contributed by atoms with Gasteiger partial charge in [-0.2, -0.15) is 4.98 Å². The van der Waals surface area contributed by atoms with Gasteiger partial charge in [-0.3, -0.25) is 4.90 Å². The number of aromatic nitrogens is 2. The van der Waals surface area contributed by atoms with Crippen LogP contribution in [0.5, 0.6) is 11.6 Å². The summed E-state index contributed by atoms with van der Waals surface area (Å²) in [5, 5.41) is 8.29. The number of carbonyl (C=O) groups is 1. The number of methoxy groups -OCH3 is 2. The van der Waals surface area contributed by atoms with Gasteiger partial charge in [-0.25, -0.2) is 27.7 Å². The number of sulfonamides is 1. The number of rotatable bonds is 5. The minimum atomic E-state index is -3.98. The van der Waals surface area contributed by atoms with Crippen molar-refractivity contribution < 1.29 is 27.1 Å². The number of ether oxygens (including phenoxy) is 2. The van der Waals surface area contributed by atoms with Gasteiger partial charge in [0.25, 0.3) is 5.88 Å². The molecule has 0 unspecified atom stereocenters. The Morgan fingerprint density at radius 3 is 2.71 bits per heavy atom. The first-order valence-corrected chi connectivity index (χ1v) is 10.5. The lowest BCUT2D eigenvalue weighted by Crippen LogP contribution is -2.44. The van der Waals surface area contributed by atoms with Crippen LogP contribution >= 0.6 is 0 Å². The number of anilines is 1. The molecule has 0 saturated carbocycles. The highest BCUT2D eigenvalue weighted by Crippen LogP contribution is 2.35. The van der Waals surface area contributed by atoms with Crippen molar-refractivity contribution in [2.24, 2.45) is 5.14 Å². The second kappa shape index (κ2) is 7.63. The fourth-order valence-electron chi connectivity index (χ4n) is 3.45. The minimum absolute atomic E-state index is 0.0485. The van der Waals surface area contributed by atoms with Crippen molar-refractivity contribution in [2.45, 2.75) is 18.0 Å².